The van der Waals surface area contributed by atoms with Crippen molar-refractivity contribution in [3.63, 3.8) is 0 Å². The number of H-pyrrole nitrogens is 1. The quantitative estimate of drug-likeness (QED) is 0.690. The summed E-state index contributed by atoms with van der Waals surface area (Å²) in [5.41, 5.74) is 7.51. The predicted octanol–water partition coefficient (Wildman–Crippen LogP) is 0.368. The summed E-state index contributed by atoms with van der Waals surface area (Å²) in [6, 6.07) is 0. The molecule has 13 heavy (non-hydrogen) atoms. The van der Waals surface area contributed by atoms with Gasteiger partial charge >= 0.3 is 0 Å². The SMILES string of the molecule is C=C(N)Cc1nc2ncncc2[nH]1. The Kier molecular flexibility index (Phi) is 1.70. The van der Waals surface area contributed by atoms with E-state index in [1.54, 1.807) is 6.20 Å². The lowest BCUT2D eigenvalue weighted by molar-refractivity contribution is 1.00. The Morgan fingerprint density at radius 3 is 3.15 bits per heavy atom. The number of fused-ring (bicyclic) bond motifs is 1. The molecule has 5 nitrogen and oxygen atoms in total. The number of rotatable bonds is 2. The van der Waals surface area contributed by atoms with E-state index in [0.717, 1.165) is 11.3 Å². The van der Waals surface area contributed by atoms with Gasteiger partial charge in [-0.1, -0.05) is 6.58 Å². The normalized spacial score (nSPS) is 10.5. The summed E-state index contributed by atoms with van der Waals surface area (Å²) in [5, 5.41) is 0. The maximum atomic E-state index is 5.46. The van der Waals surface area contributed by atoms with Gasteiger partial charge in [0, 0.05) is 12.1 Å². The fourth-order valence-corrected chi connectivity index (χ4v) is 1.11. The topological polar surface area (TPSA) is 80.5 Å². The average molecular weight is 175 g/mol. The second kappa shape index (κ2) is 2.85. The first-order valence-electron chi connectivity index (χ1n) is 3.83. The molecule has 2 heterocycles. The molecule has 0 aliphatic carbocycles. The third-order valence-electron chi connectivity index (χ3n) is 1.61. The molecule has 0 amide bonds. The largest absolute Gasteiger partial charge is 0.402 e. The molecular weight excluding hydrogens is 166 g/mol. The van der Waals surface area contributed by atoms with Gasteiger partial charge in [0.05, 0.1) is 6.20 Å². The number of hydrogen-bond acceptors (Lipinski definition) is 4. The number of nitrogens with two attached hydrogens (primary N) is 1. The Labute approximate surface area is 74.7 Å². The molecule has 3 N–H and O–H groups in total. The molecule has 0 unspecified atom stereocenters. The Morgan fingerprint density at radius 1 is 1.62 bits per heavy atom. The van der Waals surface area contributed by atoms with Gasteiger partial charge in [0.2, 0.25) is 0 Å². The zero-order valence-electron chi connectivity index (χ0n) is 6.99. The van der Waals surface area contributed by atoms with Crippen LogP contribution in [0.5, 0.6) is 0 Å². The van der Waals surface area contributed by atoms with E-state index >= 15 is 0 Å². The molecule has 2 rings (SSSR count). The van der Waals surface area contributed by atoms with Crippen LogP contribution in [-0.4, -0.2) is 19.9 Å². The minimum absolute atomic E-state index is 0.538. The number of hydrogen-bond donors (Lipinski definition) is 2. The molecule has 0 radical (unpaired) electrons. The van der Waals surface area contributed by atoms with Crippen LogP contribution < -0.4 is 5.73 Å². The highest BCUT2D eigenvalue weighted by atomic mass is 15.0. The lowest BCUT2D eigenvalue weighted by atomic mass is 10.3. The van der Waals surface area contributed by atoms with Crippen molar-refractivity contribution in [1.29, 1.82) is 0 Å². The lowest BCUT2D eigenvalue weighted by Crippen LogP contribution is -2.00. The maximum absolute atomic E-state index is 5.46. The van der Waals surface area contributed by atoms with Crippen molar-refractivity contribution in [3.05, 3.63) is 30.6 Å². The summed E-state index contributed by atoms with van der Waals surface area (Å²) >= 11 is 0. The molecule has 0 bridgehead atoms. The average Bonchev–Trinajstić information content (AvgIpc) is 2.44. The number of imidazole rings is 1. The fourth-order valence-electron chi connectivity index (χ4n) is 1.11. The zero-order valence-corrected chi connectivity index (χ0v) is 6.99. The molecule has 0 aliphatic rings. The van der Waals surface area contributed by atoms with Crippen LogP contribution in [0.4, 0.5) is 0 Å². The second-order valence-electron chi connectivity index (χ2n) is 2.78. The van der Waals surface area contributed by atoms with Crippen LogP contribution in [0.3, 0.4) is 0 Å². The summed E-state index contributed by atoms with van der Waals surface area (Å²) in [4.78, 5) is 15.1. The van der Waals surface area contributed by atoms with Gasteiger partial charge in [-0.25, -0.2) is 15.0 Å². The van der Waals surface area contributed by atoms with Crippen molar-refractivity contribution in [2.24, 2.45) is 5.73 Å². The Balaban J connectivity index is 2.44. The molecule has 0 spiro atoms. The fraction of sp³-hybridized carbons (Fsp3) is 0.125. The number of nitrogens with one attached hydrogen (secondary N) is 1. The van der Waals surface area contributed by atoms with Crippen LogP contribution >= 0.6 is 0 Å². The van der Waals surface area contributed by atoms with E-state index in [1.165, 1.54) is 6.33 Å². The van der Waals surface area contributed by atoms with Crippen LogP contribution in [-0.2, 0) is 6.42 Å². The third-order valence-corrected chi connectivity index (χ3v) is 1.61. The minimum Gasteiger partial charge on any atom is -0.402 e. The summed E-state index contributed by atoms with van der Waals surface area (Å²) in [6.45, 7) is 3.60. The Hall–Kier alpha value is -1.91. The molecule has 0 fully saturated rings. The van der Waals surface area contributed by atoms with Gasteiger partial charge in [-0.3, -0.25) is 0 Å². The Bertz CT molecular complexity index is 411. The van der Waals surface area contributed by atoms with Crippen LogP contribution in [0.25, 0.3) is 11.2 Å². The predicted molar refractivity (Wildman–Crippen MR) is 48.7 cm³/mol. The summed E-state index contributed by atoms with van der Waals surface area (Å²) in [5.74, 6) is 0.767. The monoisotopic (exact) mass is 175 g/mol. The van der Waals surface area contributed by atoms with Crippen LogP contribution in [0.1, 0.15) is 5.82 Å². The van der Waals surface area contributed by atoms with Gasteiger partial charge in [-0.15, -0.1) is 0 Å². The summed E-state index contributed by atoms with van der Waals surface area (Å²) in [6.07, 6.45) is 3.68. The van der Waals surface area contributed by atoms with Gasteiger partial charge < -0.3 is 10.7 Å². The first-order chi connectivity index (χ1) is 6.25. The van der Waals surface area contributed by atoms with Gasteiger partial charge in [-0.2, -0.15) is 0 Å². The summed E-state index contributed by atoms with van der Waals surface area (Å²) < 4.78 is 0. The van der Waals surface area contributed by atoms with E-state index in [9.17, 15) is 0 Å². The second-order valence-corrected chi connectivity index (χ2v) is 2.78. The number of aromatic nitrogens is 4. The van der Waals surface area contributed by atoms with E-state index in [4.69, 9.17) is 5.73 Å². The Morgan fingerprint density at radius 2 is 2.46 bits per heavy atom. The van der Waals surface area contributed by atoms with E-state index in [1.807, 2.05) is 0 Å². The molecule has 0 saturated heterocycles. The van der Waals surface area contributed by atoms with Crippen LogP contribution in [0, 0.1) is 0 Å². The van der Waals surface area contributed by atoms with Crippen molar-refractivity contribution in [2.45, 2.75) is 6.42 Å². The van der Waals surface area contributed by atoms with Gasteiger partial charge in [0.25, 0.3) is 0 Å². The minimum atomic E-state index is 0.538. The standard InChI is InChI=1S/C8H9N5/c1-5(9)2-7-12-6-3-10-4-11-8(6)13-7/h3-4H,1-2,9H2,(H,10,11,12,13). The van der Waals surface area contributed by atoms with Crippen molar-refractivity contribution in [3.8, 4) is 0 Å². The third kappa shape index (κ3) is 1.48. The van der Waals surface area contributed by atoms with Crippen LogP contribution in [0.15, 0.2) is 24.8 Å². The van der Waals surface area contributed by atoms with E-state index < -0.39 is 0 Å². The van der Waals surface area contributed by atoms with Gasteiger partial charge in [0.15, 0.2) is 5.65 Å². The van der Waals surface area contributed by atoms with Crippen molar-refractivity contribution < 1.29 is 0 Å². The molecule has 0 atom stereocenters. The molecule has 0 saturated carbocycles. The van der Waals surface area contributed by atoms with Gasteiger partial charge in [0.1, 0.15) is 17.7 Å². The van der Waals surface area contributed by atoms with E-state index in [0.29, 0.717) is 17.8 Å². The zero-order chi connectivity index (χ0) is 9.26. The highest BCUT2D eigenvalue weighted by molar-refractivity contribution is 5.68. The van der Waals surface area contributed by atoms with E-state index in [2.05, 4.69) is 26.5 Å². The smallest absolute Gasteiger partial charge is 0.180 e. The van der Waals surface area contributed by atoms with Crippen molar-refractivity contribution >= 4 is 11.2 Å². The summed E-state index contributed by atoms with van der Waals surface area (Å²) in [7, 11) is 0. The maximum Gasteiger partial charge on any atom is 0.180 e. The highest BCUT2D eigenvalue weighted by Crippen LogP contribution is 2.07. The van der Waals surface area contributed by atoms with E-state index in [-0.39, 0.29) is 0 Å². The van der Waals surface area contributed by atoms with Crippen molar-refractivity contribution in [1.82, 2.24) is 19.9 Å². The number of allylic oxidation sites excluding steroid dienone is 1. The number of nitrogens with zero attached hydrogens (tertiary/aromatic N) is 3. The molecule has 2 aromatic rings. The van der Waals surface area contributed by atoms with Crippen molar-refractivity contribution in [2.75, 3.05) is 0 Å². The molecule has 5 heteroatoms. The van der Waals surface area contributed by atoms with Crippen LogP contribution in [0.2, 0.25) is 0 Å². The molecule has 0 aliphatic heterocycles. The first kappa shape index (κ1) is 7.72. The molecular formula is C8H9N5. The highest BCUT2D eigenvalue weighted by Gasteiger charge is 2.02. The molecule has 66 valence electrons. The number of aromatic amines is 1. The molecule has 0 aromatic carbocycles. The van der Waals surface area contributed by atoms with Gasteiger partial charge in [-0.05, 0) is 0 Å². The lowest BCUT2D eigenvalue weighted by Gasteiger charge is -1.91. The molecule has 2 aromatic heterocycles. The first-order valence-corrected chi connectivity index (χ1v) is 3.83.